The summed E-state index contributed by atoms with van der Waals surface area (Å²) in [6.07, 6.45) is 2.94. The molecule has 1 aromatic heterocycles. The number of hydrogen-bond acceptors (Lipinski definition) is 4. The van der Waals surface area contributed by atoms with E-state index in [4.69, 9.17) is 5.73 Å². The van der Waals surface area contributed by atoms with Crippen LogP contribution in [0, 0.1) is 0 Å². The van der Waals surface area contributed by atoms with Crippen LogP contribution in [0.3, 0.4) is 0 Å². The molecule has 0 saturated heterocycles. The monoisotopic (exact) mass is 170 g/mol. The minimum atomic E-state index is 0.151. The van der Waals surface area contributed by atoms with Gasteiger partial charge in [0.25, 0.3) is 0 Å². The Balaban J connectivity index is 2.43. The molecule has 0 aliphatic heterocycles. The Labute approximate surface area is 69.4 Å². The molecular formula is C7H10N2OS. The number of hydrogen-bond donors (Lipinski definition) is 1. The zero-order valence-corrected chi connectivity index (χ0v) is 6.93. The van der Waals surface area contributed by atoms with Crippen LogP contribution in [0.1, 0.15) is 22.5 Å². The van der Waals surface area contributed by atoms with Gasteiger partial charge in [-0.2, -0.15) is 0 Å². The van der Waals surface area contributed by atoms with Crippen LogP contribution < -0.4 is 5.73 Å². The number of Topliss-reactive ketones (excluding diaryl/α,β-unsaturated/α-hetero) is 1. The summed E-state index contributed by atoms with van der Waals surface area (Å²) in [5.74, 6) is 0.151. The third kappa shape index (κ3) is 2.40. The third-order valence-electron chi connectivity index (χ3n) is 1.32. The summed E-state index contributed by atoms with van der Waals surface area (Å²) in [5, 5.41) is 0. The molecule has 1 rings (SSSR count). The van der Waals surface area contributed by atoms with E-state index in [9.17, 15) is 4.79 Å². The van der Waals surface area contributed by atoms with E-state index in [0.29, 0.717) is 13.0 Å². The minimum absolute atomic E-state index is 0.151. The topological polar surface area (TPSA) is 56.0 Å². The molecule has 4 heteroatoms. The molecule has 0 fully saturated rings. The maximum atomic E-state index is 11.2. The van der Waals surface area contributed by atoms with Crippen molar-refractivity contribution in [2.24, 2.45) is 5.73 Å². The van der Waals surface area contributed by atoms with E-state index in [1.54, 1.807) is 12.3 Å². The van der Waals surface area contributed by atoms with E-state index in [-0.39, 0.29) is 5.78 Å². The normalized spacial score (nSPS) is 9.91. The molecule has 11 heavy (non-hydrogen) atoms. The highest BCUT2D eigenvalue weighted by molar-refractivity contribution is 7.08. The van der Waals surface area contributed by atoms with Crippen molar-refractivity contribution in [3.05, 3.63) is 17.1 Å². The van der Waals surface area contributed by atoms with Crippen molar-refractivity contribution in [1.29, 1.82) is 0 Å². The minimum Gasteiger partial charge on any atom is -0.330 e. The molecule has 0 unspecified atom stereocenters. The van der Waals surface area contributed by atoms with Gasteiger partial charge in [-0.1, -0.05) is 0 Å². The number of aromatic nitrogens is 1. The molecule has 0 radical (unpaired) electrons. The molecule has 0 spiro atoms. The Morgan fingerprint density at radius 2 is 2.55 bits per heavy atom. The number of rotatable bonds is 4. The number of carbonyl (C=O) groups excluding carboxylic acids is 1. The first kappa shape index (κ1) is 8.36. The molecule has 60 valence electrons. The van der Waals surface area contributed by atoms with E-state index >= 15 is 0 Å². The van der Waals surface area contributed by atoms with Gasteiger partial charge in [0.05, 0.1) is 4.88 Å². The van der Waals surface area contributed by atoms with Crippen LogP contribution in [-0.2, 0) is 0 Å². The van der Waals surface area contributed by atoms with Crippen molar-refractivity contribution in [3.8, 4) is 0 Å². The van der Waals surface area contributed by atoms with E-state index in [1.165, 1.54) is 11.5 Å². The van der Waals surface area contributed by atoms with Gasteiger partial charge >= 0.3 is 0 Å². The fourth-order valence-electron chi connectivity index (χ4n) is 0.745. The fraction of sp³-hybridized carbons (Fsp3) is 0.429. The predicted molar refractivity (Wildman–Crippen MR) is 44.7 cm³/mol. The van der Waals surface area contributed by atoms with Gasteiger partial charge in [0, 0.05) is 12.6 Å². The Kier molecular flexibility index (Phi) is 3.19. The lowest BCUT2D eigenvalue weighted by atomic mass is 10.2. The SMILES string of the molecule is NCCCC(=O)c1ccns1. The summed E-state index contributed by atoms with van der Waals surface area (Å²) in [5.41, 5.74) is 5.27. The van der Waals surface area contributed by atoms with Gasteiger partial charge in [0.15, 0.2) is 5.78 Å². The molecular weight excluding hydrogens is 160 g/mol. The average Bonchev–Trinajstić information content (AvgIpc) is 2.52. The Morgan fingerprint density at radius 3 is 3.09 bits per heavy atom. The molecule has 1 aromatic rings. The van der Waals surface area contributed by atoms with Crippen molar-refractivity contribution in [3.63, 3.8) is 0 Å². The summed E-state index contributed by atoms with van der Waals surface area (Å²) >= 11 is 1.24. The molecule has 2 N–H and O–H groups in total. The van der Waals surface area contributed by atoms with Crippen LogP contribution in [0.25, 0.3) is 0 Å². The molecule has 0 saturated carbocycles. The van der Waals surface area contributed by atoms with Crippen LogP contribution >= 0.6 is 11.5 Å². The number of ketones is 1. The smallest absolute Gasteiger partial charge is 0.174 e. The zero-order valence-electron chi connectivity index (χ0n) is 6.12. The molecule has 0 amide bonds. The molecule has 0 aromatic carbocycles. The van der Waals surface area contributed by atoms with Crippen molar-refractivity contribution in [2.45, 2.75) is 12.8 Å². The molecule has 1 heterocycles. The van der Waals surface area contributed by atoms with Gasteiger partial charge < -0.3 is 5.73 Å². The Hall–Kier alpha value is -0.740. The van der Waals surface area contributed by atoms with Gasteiger partial charge in [-0.15, -0.1) is 0 Å². The highest BCUT2D eigenvalue weighted by atomic mass is 32.1. The molecule has 0 bridgehead atoms. The summed E-state index contributed by atoms with van der Waals surface area (Å²) < 4.78 is 3.84. The van der Waals surface area contributed by atoms with Crippen molar-refractivity contribution in [1.82, 2.24) is 4.37 Å². The van der Waals surface area contributed by atoms with Gasteiger partial charge in [-0.05, 0) is 30.6 Å². The van der Waals surface area contributed by atoms with Crippen LogP contribution in [0.2, 0.25) is 0 Å². The molecule has 0 aliphatic carbocycles. The van der Waals surface area contributed by atoms with Crippen LogP contribution in [0.4, 0.5) is 0 Å². The largest absolute Gasteiger partial charge is 0.330 e. The quantitative estimate of drug-likeness (QED) is 0.687. The third-order valence-corrected chi connectivity index (χ3v) is 2.11. The molecule has 0 atom stereocenters. The second-order valence-electron chi connectivity index (χ2n) is 2.19. The lowest BCUT2D eigenvalue weighted by molar-refractivity contribution is 0.0984. The first-order valence-electron chi connectivity index (χ1n) is 3.48. The number of nitrogens with zero attached hydrogens (tertiary/aromatic N) is 1. The lowest BCUT2D eigenvalue weighted by Gasteiger charge is -1.92. The second kappa shape index (κ2) is 4.20. The highest BCUT2D eigenvalue weighted by Crippen LogP contribution is 2.08. The van der Waals surface area contributed by atoms with Crippen molar-refractivity contribution < 1.29 is 4.79 Å². The van der Waals surface area contributed by atoms with Gasteiger partial charge in [0.1, 0.15) is 0 Å². The summed E-state index contributed by atoms with van der Waals surface area (Å²) in [6.45, 7) is 0.574. The lowest BCUT2D eigenvalue weighted by Crippen LogP contribution is -2.03. The summed E-state index contributed by atoms with van der Waals surface area (Å²) in [6, 6.07) is 1.74. The van der Waals surface area contributed by atoms with E-state index in [2.05, 4.69) is 4.37 Å². The standard InChI is InChI=1S/C7H10N2OS/c8-4-1-2-6(10)7-3-5-9-11-7/h3,5H,1-2,4,8H2. The second-order valence-corrected chi connectivity index (χ2v) is 3.03. The van der Waals surface area contributed by atoms with Gasteiger partial charge in [-0.3, -0.25) is 4.79 Å². The van der Waals surface area contributed by atoms with Gasteiger partial charge in [0.2, 0.25) is 0 Å². The van der Waals surface area contributed by atoms with Crippen molar-refractivity contribution >= 4 is 17.3 Å². The Morgan fingerprint density at radius 1 is 1.73 bits per heavy atom. The maximum absolute atomic E-state index is 11.2. The first-order chi connectivity index (χ1) is 5.34. The fourth-order valence-corrected chi connectivity index (χ4v) is 1.31. The van der Waals surface area contributed by atoms with E-state index in [1.807, 2.05) is 0 Å². The number of carbonyl (C=O) groups is 1. The maximum Gasteiger partial charge on any atom is 0.174 e. The van der Waals surface area contributed by atoms with Crippen LogP contribution in [0.15, 0.2) is 12.3 Å². The summed E-state index contributed by atoms with van der Waals surface area (Å²) in [7, 11) is 0. The zero-order chi connectivity index (χ0) is 8.10. The van der Waals surface area contributed by atoms with E-state index in [0.717, 1.165) is 11.3 Å². The molecule has 0 aliphatic rings. The average molecular weight is 170 g/mol. The first-order valence-corrected chi connectivity index (χ1v) is 4.26. The Bertz CT molecular complexity index is 220. The van der Waals surface area contributed by atoms with Crippen LogP contribution in [0.5, 0.6) is 0 Å². The highest BCUT2D eigenvalue weighted by Gasteiger charge is 2.05. The molecule has 3 nitrogen and oxygen atoms in total. The van der Waals surface area contributed by atoms with Gasteiger partial charge in [-0.25, -0.2) is 4.37 Å². The number of nitrogens with two attached hydrogens (primary N) is 1. The van der Waals surface area contributed by atoms with Crippen molar-refractivity contribution in [2.75, 3.05) is 6.54 Å². The van der Waals surface area contributed by atoms with Crippen LogP contribution in [-0.4, -0.2) is 16.7 Å². The predicted octanol–water partition coefficient (Wildman–Crippen LogP) is 1.06. The summed E-state index contributed by atoms with van der Waals surface area (Å²) in [4.78, 5) is 11.9. The van der Waals surface area contributed by atoms with E-state index < -0.39 is 0 Å².